The number of nitrogens with two attached hydrogens (primary N) is 1. The SMILES string of the molecule is Cc1cnc(NC(C)CC(N)=O)c(Br)c1. The fraction of sp³-hybridized carbons (Fsp3) is 0.400. The van der Waals surface area contributed by atoms with E-state index in [0.717, 1.165) is 15.9 Å². The molecule has 5 heteroatoms. The normalized spacial score (nSPS) is 12.2. The van der Waals surface area contributed by atoms with Gasteiger partial charge in [-0.25, -0.2) is 4.98 Å². The molecule has 15 heavy (non-hydrogen) atoms. The van der Waals surface area contributed by atoms with Crippen LogP contribution in [0.25, 0.3) is 0 Å². The van der Waals surface area contributed by atoms with Crippen molar-refractivity contribution in [3.05, 3.63) is 22.3 Å². The first-order chi connectivity index (χ1) is 6.99. The molecule has 4 nitrogen and oxygen atoms in total. The Balaban J connectivity index is 2.68. The maximum Gasteiger partial charge on any atom is 0.219 e. The van der Waals surface area contributed by atoms with Crippen molar-refractivity contribution in [2.45, 2.75) is 26.3 Å². The van der Waals surface area contributed by atoms with Crippen LogP contribution in [0.15, 0.2) is 16.7 Å². The highest BCUT2D eigenvalue weighted by Gasteiger charge is 2.08. The highest BCUT2D eigenvalue weighted by molar-refractivity contribution is 9.10. The number of pyridine rings is 1. The zero-order chi connectivity index (χ0) is 11.4. The van der Waals surface area contributed by atoms with Gasteiger partial charge < -0.3 is 11.1 Å². The summed E-state index contributed by atoms with van der Waals surface area (Å²) in [6.45, 7) is 3.85. The van der Waals surface area contributed by atoms with E-state index in [1.165, 1.54) is 0 Å². The number of anilines is 1. The summed E-state index contributed by atoms with van der Waals surface area (Å²) in [7, 11) is 0. The average molecular weight is 272 g/mol. The number of carbonyl (C=O) groups excluding carboxylic acids is 1. The second-order valence-corrected chi connectivity index (χ2v) is 4.41. The van der Waals surface area contributed by atoms with E-state index in [-0.39, 0.29) is 11.9 Å². The molecule has 0 spiro atoms. The van der Waals surface area contributed by atoms with Crippen LogP contribution < -0.4 is 11.1 Å². The van der Waals surface area contributed by atoms with Crippen LogP contribution in [0.3, 0.4) is 0 Å². The van der Waals surface area contributed by atoms with Gasteiger partial charge in [0.1, 0.15) is 5.82 Å². The number of aromatic nitrogens is 1. The van der Waals surface area contributed by atoms with Gasteiger partial charge >= 0.3 is 0 Å². The number of aryl methyl sites for hydroxylation is 1. The summed E-state index contributed by atoms with van der Waals surface area (Å²) in [6, 6.07) is 1.95. The van der Waals surface area contributed by atoms with Crippen molar-refractivity contribution in [3.8, 4) is 0 Å². The highest BCUT2D eigenvalue weighted by Crippen LogP contribution is 2.21. The molecule has 0 radical (unpaired) electrons. The predicted octanol–water partition coefficient (Wildman–Crippen LogP) is 1.83. The summed E-state index contributed by atoms with van der Waals surface area (Å²) < 4.78 is 0.888. The molecule has 0 aliphatic rings. The van der Waals surface area contributed by atoms with E-state index in [1.54, 1.807) is 6.20 Å². The molecule has 0 aliphatic heterocycles. The van der Waals surface area contributed by atoms with E-state index in [9.17, 15) is 4.79 Å². The van der Waals surface area contributed by atoms with Gasteiger partial charge in [-0.3, -0.25) is 4.79 Å². The molecule has 0 aromatic carbocycles. The summed E-state index contributed by atoms with van der Waals surface area (Å²) in [4.78, 5) is 14.9. The van der Waals surface area contributed by atoms with E-state index in [0.29, 0.717) is 6.42 Å². The summed E-state index contributed by atoms with van der Waals surface area (Å²) in [5.41, 5.74) is 6.18. The Labute approximate surface area is 97.4 Å². The van der Waals surface area contributed by atoms with Crippen LogP contribution >= 0.6 is 15.9 Å². The molecule has 1 heterocycles. The highest BCUT2D eigenvalue weighted by atomic mass is 79.9. The lowest BCUT2D eigenvalue weighted by Gasteiger charge is -2.13. The largest absolute Gasteiger partial charge is 0.370 e. The number of rotatable bonds is 4. The number of halogens is 1. The lowest BCUT2D eigenvalue weighted by atomic mass is 10.2. The van der Waals surface area contributed by atoms with Gasteiger partial charge in [-0.15, -0.1) is 0 Å². The monoisotopic (exact) mass is 271 g/mol. The van der Waals surface area contributed by atoms with Gasteiger partial charge in [-0.2, -0.15) is 0 Å². The van der Waals surface area contributed by atoms with Crippen LogP contribution in [0.4, 0.5) is 5.82 Å². The van der Waals surface area contributed by atoms with Crippen LogP contribution in [-0.4, -0.2) is 16.9 Å². The van der Waals surface area contributed by atoms with Crippen LogP contribution in [0.1, 0.15) is 18.9 Å². The van der Waals surface area contributed by atoms with Gasteiger partial charge in [0.2, 0.25) is 5.91 Å². The number of hydrogen-bond donors (Lipinski definition) is 2. The molecular weight excluding hydrogens is 258 g/mol. The van der Waals surface area contributed by atoms with Crippen molar-refractivity contribution < 1.29 is 4.79 Å². The molecule has 1 rings (SSSR count). The topological polar surface area (TPSA) is 68.0 Å². The summed E-state index contributed by atoms with van der Waals surface area (Å²) in [5, 5.41) is 3.11. The Hall–Kier alpha value is -1.10. The first-order valence-electron chi connectivity index (χ1n) is 4.66. The average Bonchev–Trinajstić information content (AvgIpc) is 2.08. The van der Waals surface area contributed by atoms with Crippen molar-refractivity contribution in [1.82, 2.24) is 4.98 Å². The molecule has 0 aliphatic carbocycles. The Bertz CT molecular complexity index is 368. The maximum absolute atomic E-state index is 10.7. The van der Waals surface area contributed by atoms with E-state index in [1.807, 2.05) is 19.9 Å². The minimum Gasteiger partial charge on any atom is -0.370 e. The van der Waals surface area contributed by atoms with E-state index in [2.05, 4.69) is 26.2 Å². The molecule has 0 fully saturated rings. The van der Waals surface area contributed by atoms with E-state index in [4.69, 9.17) is 5.73 Å². The molecule has 0 saturated carbocycles. The van der Waals surface area contributed by atoms with Gasteiger partial charge in [-0.1, -0.05) is 0 Å². The van der Waals surface area contributed by atoms with Crippen LogP contribution in [0.5, 0.6) is 0 Å². The first-order valence-corrected chi connectivity index (χ1v) is 5.45. The Kier molecular flexibility index (Phi) is 4.08. The summed E-state index contributed by atoms with van der Waals surface area (Å²) in [6.07, 6.45) is 2.06. The van der Waals surface area contributed by atoms with Crippen molar-refractivity contribution in [2.24, 2.45) is 5.73 Å². The van der Waals surface area contributed by atoms with Gasteiger partial charge in [-0.05, 0) is 41.4 Å². The molecular formula is C10H14BrN3O. The van der Waals surface area contributed by atoms with Crippen molar-refractivity contribution >= 4 is 27.7 Å². The third-order valence-corrected chi connectivity index (χ3v) is 2.47. The maximum atomic E-state index is 10.7. The Morgan fingerprint density at radius 3 is 2.93 bits per heavy atom. The molecule has 1 aromatic rings. The van der Waals surface area contributed by atoms with E-state index >= 15 is 0 Å². The smallest absolute Gasteiger partial charge is 0.219 e. The minimum absolute atomic E-state index is 0.0194. The zero-order valence-corrected chi connectivity index (χ0v) is 10.3. The second-order valence-electron chi connectivity index (χ2n) is 3.56. The van der Waals surface area contributed by atoms with Gasteiger partial charge in [0.05, 0.1) is 4.47 Å². The second kappa shape index (κ2) is 5.11. The van der Waals surface area contributed by atoms with E-state index < -0.39 is 0 Å². The predicted molar refractivity (Wildman–Crippen MR) is 63.6 cm³/mol. The number of carbonyl (C=O) groups is 1. The fourth-order valence-electron chi connectivity index (χ4n) is 1.23. The number of amides is 1. The number of nitrogens with one attached hydrogen (secondary N) is 1. The number of nitrogens with zero attached hydrogens (tertiary/aromatic N) is 1. The molecule has 0 bridgehead atoms. The molecule has 1 atom stereocenters. The quantitative estimate of drug-likeness (QED) is 0.878. The molecule has 1 unspecified atom stereocenters. The minimum atomic E-state index is -0.321. The number of hydrogen-bond acceptors (Lipinski definition) is 3. The molecule has 0 saturated heterocycles. The Morgan fingerprint density at radius 1 is 1.73 bits per heavy atom. The lowest BCUT2D eigenvalue weighted by molar-refractivity contribution is -0.118. The first kappa shape index (κ1) is 12.0. The number of primary amides is 1. The molecule has 3 N–H and O–H groups in total. The third-order valence-electron chi connectivity index (χ3n) is 1.87. The molecule has 1 amide bonds. The standard InChI is InChI=1S/C10H14BrN3O/c1-6-3-8(11)10(13-5-6)14-7(2)4-9(12)15/h3,5,7H,4H2,1-2H3,(H2,12,15)(H,13,14). The van der Waals surface area contributed by atoms with Gasteiger partial charge in [0.15, 0.2) is 0 Å². The summed E-state index contributed by atoms with van der Waals surface area (Å²) in [5.74, 6) is 0.410. The zero-order valence-electron chi connectivity index (χ0n) is 8.75. The van der Waals surface area contributed by atoms with Crippen LogP contribution in [-0.2, 0) is 4.79 Å². The fourth-order valence-corrected chi connectivity index (χ4v) is 1.80. The lowest BCUT2D eigenvalue weighted by Crippen LogP contribution is -2.24. The summed E-state index contributed by atoms with van der Waals surface area (Å²) >= 11 is 3.40. The van der Waals surface area contributed by atoms with Crippen LogP contribution in [0.2, 0.25) is 0 Å². The third kappa shape index (κ3) is 3.87. The van der Waals surface area contributed by atoms with Gasteiger partial charge in [0, 0.05) is 18.7 Å². The Morgan fingerprint density at radius 2 is 2.40 bits per heavy atom. The van der Waals surface area contributed by atoms with Crippen molar-refractivity contribution in [2.75, 3.05) is 5.32 Å². The van der Waals surface area contributed by atoms with Crippen LogP contribution in [0, 0.1) is 6.92 Å². The van der Waals surface area contributed by atoms with Gasteiger partial charge in [0.25, 0.3) is 0 Å². The molecule has 82 valence electrons. The molecule has 1 aromatic heterocycles. The van der Waals surface area contributed by atoms with Crippen molar-refractivity contribution in [1.29, 1.82) is 0 Å². The van der Waals surface area contributed by atoms with Crippen molar-refractivity contribution in [3.63, 3.8) is 0 Å².